The number of halogens is 1. The molecule has 1 fully saturated rings. The molecule has 0 atom stereocenters. The molecule has 0 aliphatic carbocycles. The third-order valence-electron chi connectivity index (χ3n) is 5.54. The number of aromatic nitrogens is 1. The summed E-state index contributed by atoms with van der Waals surface area (Å²) >= 11 is 0. The Morgan fingerprint density at radius 1 is 0.939 bits per heavy atom. The zero-order valence-corrected chi connectivity index (χ0v) is 18.8. The fourth-order valence-electron chi connectivity index (χ4n) is 3.64. The number of hydrogen-bond donors (Lipinski definition) is 1. The van der Waals surface area contributed by atoms with Gasteiger partial charge in [0.2, 0.25) is 15.9 Å². The Bertz CT molecular complexity index is 1270. The highest BCUT2D eigenvalue weighted by Gasteiger charge is 2.29. The number of piperazine rings is 1. The number of amides is 2. The highest BCUT2D eigenvalue weighted by atomic mass is 32.2. The van der Waals surface area contributed by atoms with E-state index in [-0.39, 0.29) is 35.1 Å². The molecular formula is C23H23FN4O4S. The minimum atomic E-state index is -3.75. The zero-order chi connectivity index (χ0) is 23.6. The van der Waals surface area contributed by atoms with Crippen LogP contribution in [0.4, 0.5) is 10.1 Å². The average Bonchev–Trinajstić information content (AvgIpc) is 3.35. The standard InChI is InChI=1S/C23H23FN4O4S/c1-17(29)26-12-14-28(15-13-26)33(31,32)20-7-4-18(5-8-20)23(30)25-22-16-19(6-9-21(22)24)27-10-2-3-11-27/h2-11,16H,12-15H2,1H3,(H,25,30). The van der Waals surface area contributed by atoms with Crippen molar-refractivity contribution in [3.63, 3.8) is 0 Å². The average molecular weight is 471 g/mol. The van der Waals surface area contributed by atoms with Crippen LogP contribution in [0.5, 0.6) is 0 Å². The number of nitrogens with one attached hydrogen (secondary N) is 1. The van der Waals surface area contributed by atoms with E-state index >= 15 is 0 Å². The van der Waals surface area contributed by atoms with E-state index in [1.165, 1.54) is 47.6 Å². The third kappa shape index (κ3) is 4.81. The van der Waals surface area contributed by atoms with Gasteiger partial charge in [-0.15, -0.1) is 0 Å². The van der Waals surface area contributed by atoms with Gasteiger partial charge in [0.25, 0.3) is 5.91 Å². The van der Waals surface area contributed by atoms with E-state index in [1.807, 2.05) is 12.1 Å². The molecule has 0 unspecified atom stereocenters. The largest absolute Gasteiger partial charge is 0.340 e. The van der Waals surface area contributed by atoms with Gasteiger partial charge in [0.1, 0.15) is 5.82 Å². The van der Waals surface area contributed by atoms with Gasteiger partial charge in [0.05, 0.1) is 10.6 Å². The molecule has 33 heavy (non-hydrogen) atoms. The second-order valence-corrected chi connectivity index (χ2v) is 9.58. The number of carbonyl (C=O) groups excluding carboxylic acids is 2. The summed E-state index contributed by atoms with van der Waals surface area (Å²) in [5, 5.41) is 2.54. The van der Waals surface area contributed by atoms with Crippen molar-refractivity contribution >= 4 is 27.5 Å². The quantitative estimate of drug-likeness (QED) is 0.621. The summed E-state index contributed by atoms with van der Waals surface area (Å²) in [5.74, 6) is -1.22. The maximum absolute atomic E-state index is 14.3. The molecule has 172 valence electrons. The normalized spacial score (nSPS) is 14.8. The zero-order valence-electron chi connectivity index (χ0n) is 17.9. The lowest BCUT2D eigenvalue weighted by atomic mass is 10.2. The van der Waals surface area contributed by atoms with E-state index in [2.05, 4.69) is 5.32 Å². The van der Waals surface area contributed by atoms with Crippen LogP contribution in [-0.4, -0.2) is 60.2 Å². The molecule has 0 bridgehead atoms. The van der Waals surface area contributed by atoms with Crippen LogP contribution in [0.15, 0.2) is 71.9 Å². The van der Waals surface area contributed by atoms with Crippen molar-refractivity contribution < 1.29 is 22.4 Å². The van der Waals surface area contributed by atoms with Gasteiger partial charge in [0, 0.05) is 56.7 Å². The molecule has 3 aromatic rings. The monoisotopic (exact) mass is 470 g/mol. The number of nitrogens with zero attached hydrogens (tertiary/aromatic N) is 3. The minimum absolute atomic E-state index is 0.0197. The number of rotatable bonds is 5. The lowest BCUT2D eigenvalue weighted by Crippen LogP contribution is -2.49. The first-order valence-corrected chi connectivity index (χ1v) is 11.8. The Morgan fingerprint density at radius 3 is 2.18 bits per heavy atom. The molecular weight excluding hydrogens is 447 g/mol. The van der Waals surface area contributed by atoms with Gasteiger partial charge in [-0.2, -0.15) is 4.31 Å². The van der Waals surface area contributed by atoms with Crippen LogP contribution >= 0.6 is 0 Å². The molecule has 0 spiro atoms. The molecule has 2 amide bonds. The Hall–Kier alpha value is -3.50. The third-order valence-corrected chi connectivity index (χ3v) is 7.45. The Morgan fingerprint density at radius 2 is 1.58 bits per heavy atom. The maximum atomic E-state index is 14.3. The van der Waals surface area contributed by atoms with Crippen LogP contribution < -0.4 is 5.32 Å². The van der Waals surface area contributed by atoms with E-state index < -0.39 is 21.7 Å². The van der Waals surface area contributed by atoms with Crippen molar-refractivity contribution in [1.29, 1.82) is 0 Å². The van der Waals surface area contributed by atoms with Gasteiger partial charge in [-0.3, -0.25) is 9.59 Å². The van der Waals surface area contributed by atoms with Crippen LogP contribution in [0.25, 0.3) is 5.69 Å². The molecule has 0 radical (unpaired) electrons. The van der Waals surface area contributed by atoms with E-state index in [0.717, 1.165) is 0 Å². The Labute approximate surface area is 191 Å². The highest BCUT2D eigenvalue weighted by Crippen LogP contribution is 2.22. The van der Waals surface area contributed by atoms with Gasteiger partial charge in [0.15, 0.2) is 0 Å². The van der Waals surface area contributed by atoms with Crippen molar-refractivity contribution in [3.8, 4) is 5.69 Å². The SMILES string of the molecule is CC(=O)N1CCN(S(=O)(=O)c2ccc(C(=O)Nc3cc(-n4cccc4)ccc3F)cc2)CC1. The molecule has 2 aromatic carbocycles. The molecule has 1 aliphatic rings. The van der Waals surface area contributed by atoms with E-state index in [4.69, 9.17) is 0 Å². The number of benzene rings is 2. The molecule has 4 rings (SSSR count). The molecule has 1 aliphatic heterocycles. The van der Waals surface area contributed by atoms with Crippen molar-refractivity contribution in [3.05, 3.63) is 78.4 Å². The number of anilines is 1. The van der Waals surface area contributed by atoms with Gasteiger partial charge >= 0.3 is 0 Å². The van der Waals surface area contributed by atoms with E-state index in [0.29, 0.717) is 18.8 Å². The Balaban J connectivity index is 1.47. The van der Waals surface area contributed by atoms with E-state index in [1.54, 1.807) is 27.9 Å². The first-order valence-electron chi connectivity index (χ1n) is 10.4. The summed E-state index contributed by atoms with van der Waals surface area (Å²) in [7, 11) is -3.75. The van der Waals surface area contributed by atoms with Crippen LogP contribution in [0.1, 0.15) is 17.3 Å². The summed E-state index contributed by atoms with van der Waals surface area (Å²) in [4.78, 5) is 25.8. The molecule has 8 nitrogen and oxygen atoms in total. The molecule has 10 heteroatoms. The van der Waals surface area contributed by atoms with Crippen LogP contribution in [0.2, 0.25) is 0 Å². The molecule has 1 N–H and O–H groups in total. The first kappa shape index (κ1) is 22.7. The topological polar surface area (TPSA) is 91.7 Å². The number of carbonyl (C=O) groups is 2. The van der Waals surface area contributed by atoms with E-state index in [9.17, 15) is 22.4 Å². The predicted molar refractivity (Wildman–Crippen MR) is 121 cm³/mol. The summed E-state index contributed by atoms with van der Waals surface area (Å²) < 4.78 is 43.2. The fraction of sp³-hybridized carbons (Fsp3) is 0.217. The summed E-state index contributed by atoms with van der Waals surface area (Å²) in [5.41, 5.74) is 0.898. The summed E-state index contributed by atoms with van der Waals surface area (Å²) in [6.07, 6.45) is 3.61. The minimum Gasteiger partial charge on any atom is -0.340 e. The molecule has 1 aromatic heterocycles. The second-order valence-electron chi connectivity index (χ2n) is 7.64. The first-order chi connectivity index (χ1) is 15.8. The highest BCUT2D eigenvalue weighted by molar-refractivity contribution is 7.89. The predicted octanol–water partition coefficient (Wildman–Crippen LogP) is 2.72. The van der Waals surface area contributed by atoms with Gasteiger partial charge in [-0.05, 0) is 54.6 Å². The van der Waals surface area contributed by atoms with Crippen molar-refractivity contribution in [2.75, 3.05) is 31.5 Å². The number of sulfonamides is 1. The molecule has 2 heterocycles. The lowest BCUT2D eigenvalue weighted by Gasteiger charge is -2.33. The van der Waals surface area contributed by atoms with Gasteiger partial charge in [-0.25, -0.2) is 12.8 Å². The maximum Gasteiger partial charge on any atom is 0.255 e. The lowest BCUT2D eigenvalue weighted by molar-refractivity contribution is -0.129. The van der Waals surface area contributed by atoms with Gasteiger partial charge in [-0.1, -0.05) is 0 Å². The molecule has 1 saturated heterocycles. The smallest absolute Gasteiger partial charge is 0.255 e. The second kappa shape index (κ2) is 9.16. The van der Waals surface area contributed by atoms with Crippen molar-refractivity contribution in [2.24, 2.45) is 0 Å². The van der Waals surface area contributed by atoms with Gasteiger partial charge < -0.3 is 14.8 Å². The molecule has 0 saturated carbocycles. The summed E-state index contributed by atoms with van der Waals surface area (Å²) in [6, 6.07) is 13.5. The fourth-order valence-corrected chi connectivity index (χ4v) is 5.06. The number of hydrogen-bond acceptors (Lipinski definition) is 4. The Kier molecular flexibility index (Phi) is 6.30. The van der Waals surface area contributed by atoms with Crippen LogP contribution in [0, 0.1) is 5.82 Å². The van der Waals surface area contributed by atoms with Crippen molar-refractivity contribution in [1.82, 2.24) is 13.8 Å². The van der Waals surface area contributed by atoms with Crippen LogP contribution in [0.3, 0.4) is 0 Å². The summed E-state index contributed by atoms with van der Waals surface area (Å²) in [6.45, 7) is 2.55. The van der Waals surface area contributed by atoms with Crippen molar-refractivity contribution in [2.45, 2.75) is 11.8 Å². The van der Waals surface area contributed by atoms with Crippen LogP contribution in [-0.2, 0) is 14.8 Å².